The number of nitrogens with zero attached hydrogens (tertiary/aromatic N) is 1. The summed E-state index contributed by atoms with van der Waals surface area (Å²) < 4.78 is 4.87. The van der Waals surface area contributed by atoms with E-state index in [2.05, 4.69) is 6.58 Å². The van der Waals surface area contributed by atoms with Crippen LogP contribution in [0.25, 0.3) is 0 Å². The summed E-state index contributed by atoms with van der Waals surface area (Å²) in [5, 5.41) is 10.6. The zero-order chi connectivity index (χ0) is 10.4. The molecule has 0 atom stereocenters. The van der Waals surface area contributed by atoms with E-state index in [-0.39, 0.29) is 11.5 Å². The molecule has 0 fully saturated rings. The van der Waals surface area contributed by atoms with Crippen LogP contribution in [0, 0.1) is 10.1 Å². The van der Waals surface area contributed by atoms with Crippen molar-refractivity contribution in [1.29, 1.82) is 0 Å². The van der Waals surface area contributed by atoms with Gasteiger partial charge in [-0.15, -0.1) is 0 Å². The molecule has 0 N–H and O–H groups in total. The van der Waals surface area contributed by atoms with Gasteiger partial charge in [0.1, 0.15) is 0 Å². The van der Waals surface area contributed by atoms with Gasteiger partial charge in [-0.2, -0.15) is 0 Å². The summed E-state index contributed by atoms with van der Waals surface area (Å²) in [6, 6.07) is 0. The Morgan fingerprint density at radius 1 is 1.62 bits per heavy atom. The molecule has 0 aliphatic heterocycles. The minimum absolute atomic E-state index is 0.0718. The first-order valence-electron chi connectivity index (χ1n) is 3.75. The Bertz CT molecular complexity index is 277. The van der Waals surface area contributed by atoms with E-state index in [9.17, 15) is 10.1 Å². The number of nitro groups is 1. The largest absolute Gasteiger partial charge is 0.490 e. The van der Waals surface area contributed by atoms with Crippen molar-refractivity contribution >= 4 is 0 Å². The quantitative estimate of drug-likeness (QED) is 0.291. The highest BCUT2D eigenvalue weighted by molar-refractivity contribution is 5.28. The van der Waals surface area contributed by atoms with Crippen molar-refractivity contribution in [1.82, 2.24) is 0 Å². The maximum atomic E-state index is 10.6. The Morgan fingerprint density at radius 3 is 2.38 bits per heavy atom. The molecule has 72 valence electrons. The topological polar surface area (TPSA) is 52.4 Å². The van der Waals surface area contributed by atoms with Crippen LogP contribution in [0.4, 0.5) is 0 Å². The molecule has 0 aromatic rings. The van der Waals surface area contributed by atoms with Gasteiger partial charge in [0.05, 0.1) is 12.0 Å². The molecule has 0 aromatic carbocycles. The Labute approximate surface area is 77.4 Å². The molecule has 0 spiro atoms. The van der Waals surface area contributed by atoms with Crippen LogP contribution < -0.4 is 0 Å². The maximum Gasteiger partial charge on any atom is 0.310 e. The van der Waals surface area contributed by atoms with Crippen LogP contribution in [-0.4, -0.2) is 12.0 Å². The van der Waals surface area contributed by atoms with Gasteiger partial charge in [0.25, 0.3) is 0 Å². The van der Waals surface area contributed by atoms with E-state index < -0.39 is 4.92 Å². The SMILES string of the molecule is C=C(C)/C(OC)=C(\C=C/C)[N+](=O)[O-]. The number of allylic oxidation sites excluding steroid dienone is 3. The van der Waals surface area contributed by atoms with E-state index in [1.165, 1.54) is 13.2 Å². The summed E-state index contributed by atoms with van der Waals surface area (Å²) in [6.45, 7) is 6.95. The van der Waals surface area contributed by atoms with Crippen molar-refractivity contribution in [2.24, 2.45) is 0 Å². The highest BCUT2D eigenvalue weighted by Crippen LogP contribution is 2.15. The summed E-state index contributed by atoms with van der Waals surface area (Å²) in [4.78, 5) is 10.1. The van der Waals surface area contributed by atoms with E-state index in [1.807, 2.05) is 0 Å². The molecule has 0 amide bonds. The fourth-order valence-electron chi connectivity index (χ4n) is 0.875. The molecule has 13 heavy (non-hydrogen) atoms. The fraction of sp³-hybridized carbons (Fsp3) is 0.333. The van der Waals surface area contributed by atoms with Crippen molar-refractivity contribution in [2.45, 2.75) is 13.8 Å². The second kappa shape index (κ2) is 5.13. The number of ether oxygens (including phenoxy) is 1. The average Bonchev–Trinajstić information content (AvgIpc) is 2.03. The predicted octanol–water partition coefficient (Wildman–Crippen LogP) is 2.27. The zero-order valence-electron chi connectivity index (χ0n) is 8.03. The molecule has 0 saturated heterocycles. The molecule has 0 aromatic heterocycles. The van der Waals surface area contributed by atoms with Crippen LogP contribution in [0.1, 0.15) is 13.8 Å². The molecule has 0 radical (unpaired) electrons. The van der Waals surface area contributed by atoms with E-state index in [0.29, 0.717) is 5.57 Å². The van der Waals surface area contributed by atoms with Crippen molar-refractivity contribution < 1.29 is 9.66 Å². The average molecular weight is 183 g/mol. The minimum Gasteiger partial charge on any atom is -0.490 e. The predicted molar refractivity (Wildman–Crippen MR) is 50.7 cm³/mol. The van der Waals surface area contributed by atoms with Gasteiger partial charge in [-0.05, 0) is 19.4 Å². The van der Waals surface area contributed by atoms with Crippen LogP contribution in [0.2, 0.25) is 0 Å². The van der Waals surface area contributed by atoms with Crippen LogP contribution in [0.15, 0.2) is 35.8 Å². The van der Waals surface area contributed by atoms with Gasteiger partial charge in [0, 0.05) is 6.08 Å². The fourth-order valence-corrected chi connectivity index (χ4v) is 0.875. The minimum atomic E-state index is -0.493. The van der Waals surface area contributed by atoms with Gasteiger partial charge >= 0.3 is 5.70 Å². The van der Waals surface area contributed by atoms with E-state index in [4.69, 9.17) is 4.74 Å². The monoisotopic (exact) mass is 183 g/mol. The van der Waals surface area contributed by atoms with Gasteiger partial charge in [-0.25, -0.2) is 0 Å². The van der Waals surface area contributed by atoms with Gasteiger partial charge in [0.2, 0.25) is 0 Å². The lowest BCUT2D eigenvalue weighted by Crippen LogP contribution is -2.03. The molecule has 0 rings (SSSR count). The summed E-state index contributed by atoms with van der Waals surface area (Å²) in [7, 11) is 1.39. The Balaban J connectivity index is 5.25. The first-order chi connectivity index (χ1) is 6.04. The van der Waals surface area contributed by atoms with Gasteiger partial charge < -0.3 is 4.74 Å². The maximum absolute atomic E-state index is 10.6. The third-order valence-electron chi connectivity index (χ3n) is 1.35. The van der Waals surface area contributed by atoms with Gasteiger partial charge in [-0.1, -0.05) is 12.7 Å². The van der Waals surface area contributed by atoms with Gasteiger partial charge in [-0.3, -0.25) is 10.1 Å². The third-order valence-corrected chi connectivity index (χ3v) is 1.35. The summed E-state index contributed by atoms with van der Waals surface area (Å²) in [5.41, 5.74) is 0.463. The second-order valence-corrected chi connectivity index (χ2v) is 2.46. The molecule has 0 aliphatic carbocycles. The number of rotatable bonds is 4. The van der Waals surface area contributed by atoms with Crippen LogP contribution in [0.3, 0.4) is 0 Å². The third kappa shape index (κ3) is 3.11. The highest BCUT2D eigenvalue weighted by atomic mass is 16.6. The zero-order valence-corrected chi connectivity index (χ0v) is 8.03. The second-order valence-electron chi connectivity index (χ2n) is 2.46. The number of methoxy groups -OCH3 is 1. The molecule has 4 nitrogen and oxygen atoms in total. The van der Waals surface area contributed by atoms with Crippen molar-refractivity contribution in [2.75, 3.05) is 7.11 Å². The molecule has 0 bridgehead atoms. The lowest BCUT2D eigenvalue weighted by Gasteiger charge is -2.04. The van der Waals surface area contributed by atoms with Crippen LogP contribution in [-0.2, 0) is 4.74 Å². The summed E-state index contributed by atoms with van der Waals surface area (Å²) in [5.74, 6) is 0.211. The van der Waals surface area contributed by atoms with Crippen LogP contribution in [0.5, 0.6) is 0 Å². The smallest absolute Gasteiger partial charge is 0.310 e. The summed E-state index contributed by atoms with van der Waals surface area (Å²) >= 11 is 0. The number of hydrogen-bond donors (Lipinski definition) is 0. The molecule has 0 unspecified atom stereocenters. The lowest BCUT2D eigenvalue weighted by molar-refractivity contribution is -0.421. The highest BCUT2D eigenvalue weighted by Gasteiger charge is 2.16. The van der Waals surface area contributed by atoms with Gasteiger partial charge in [0.15, 0.2) is 5.76 Å². The number of hydrogen-bond acceptors (Lipinski definition) is 3. The molecule has 0 aliphatic rings. The Morgan fingerprint density at radius 2 is 2.15 bits per heavy atom. The first kappa shape index (κ1) is 11.4. The molecular weight excluding hydrogens is 170 g/mol. The molecule has 4 heteroatoms. The lowest BCUT2D eigenvalue weighted by atomic mass is 10.2. The Hall–Kier alpha value is -1.58. The van der Waals surface area contributed by atoms with E-state index in [1.54, 1.807) is 19.9 Å². The summed E-state index contributed by atoms with van der Waals surface area (Å²) in [6.07, 6.45) is 2.97. The first-order valence-corrected chi connectivity index (χ1v) is 3.75. The van der Waals surface area contributed by atoms with Crippen molar-refractivity contribution in [3.8, 4) is 0 Å². The standard InChI is InChI=1S/C9H13NO3/c1-5-6-8(10(11)12)9(13-4)7(2)3/h5-6H,2H2,1,3-4H3/b6-5-,9-8-. The van der Waals surface area contributed by atoms with Crippen molar-refractivity contribution in [3.63, 3.8) is 0 Å². The molecule has 0 saturated carbocycles. The van der Waals surface area contributed by atoms with Crippen molar-refractivity contribution in [3.05, 3.63) is 45.9 Å². The normalized spacial score (nSPS) is 12.5. The van der Waals surface area contributed by atoms with E-state index in [0.717, 1.165) is 0 Å². The Kier molecular flexibility index (Phi) is 4.51. The van der Waals surface area contributed by atoms with Crippen LogP contribution >= 0.6 is 0 Å². The molecular formula is C9H13NO3. The van der Waals surface area contributed by atoms with E-state index >= 15 is 0 Å². The molecule has 0 heterocycles.